The molecule has 1 unspecified atom stereocenters. The van der Waals surface area contributed by atoms with E-state index in [4.69, 9.17) is 4.74 Å². The van der Waals surface area contributed by atoms with E-state index in [1.165, 1.54) is 0 Å². The van der Waals surface area contributed by atoms with Crippen LogP contribution in [0.1, 0.15) is 22.3 Å². The largest absolute Gasteiger partial charge is 0.389 e. The SMILES string of the molecule is Cc1cccc(C(=O)N2CCCN(C3COC[C@H]3O)CC2)c1. The highest BCUT2D eigenvalue weighted by atomic mass is 16.5. The summed E-state index contributed by atoms with van der Waals surface area (Å²) in [5, 5.41) is 9.97. The number of amides is 1. The average Bonchev–Trinajstić information content (AvgIpc) is 2.80. The van der Waals surface area contributed by atoms with E-state index in [0.717, 1.165) is 37.2 Å². The number of aliphatic hydroxyl groups is 1. The lowest BCUT2D eigenvalue weighted by Crippen LogP contribution is -2.45. The van der Waals surface area contributed by atoms with Crippen molar-refractivity contribution in [2.45, 2.75) is 25.5 Å². The van der Waals surface area contributed by atoms with Gasteiger partial charge in [0.05, 0.1) is 25.4 Å². The second-order valence-electron chi connectivity index (χ2n) is 6.22. The molecule has 1 amide bonds. The van der Waals surface area contributed by atoms with Gasteiger partial charge in [-0.2, -0.15) is 0 Å². The van der Waals surface area contributed by atoms with E-state index < -0.39 is 6.10 Å². The molecule has 1 aromatic rings. The van der Waals surface area contributed by atoms with Gasteiger partial charge in [0, 0.05) is 31.7 Å². The first-order valence-corrected chi connectivity index (χ1v) is 8.01. The van der Waals surface area contributed by atoms with Gasteiger partial charge in [-0.25, -0.2) is 0 Å². The number of hydrogen-bond acceptors (Lipinski definition) is 4. The third-order valence-electron chi connectivity index (χ3n) is 4.57. The molecule has 22 heavy (non-hydrogen) atoms. The van der Waals surface area contributed by atoms with Gasteiger partial charge in [0.1, 0.15) is 0 Å². The first-order valence-electron chi connectivity index (χ1n) is 8.01. The van der Waals surface area contributed by atoms with Crippen molar-refractivity contribution in [1.82, 2.24) is 9.80 Å². The summed E-state index contributed by atoms with van der Waals surface area (Å²) in [7, 11) is 0. The van der Waals surface area contributed by atoms with Gasteiger partial charge in [-0.1, -0.05) is 17.7 Å². The predicted octanol–water partition coefficient (Wildman–Crippen LogP) is 0.903. The molecule has 0 aromatic heterocycles. The van der Waals surface area contributed by atoms with Gasteiger partial charge in [-0.3, -0.25) is 9.69 Å². The second-order valence-corrected chi connectivity index (χ2v) is 6.22. The standard InChI is InChI=1S/C17H24N2O3/c1-13-4-2-5-14(10-13)17(21)19-7-3-6-18(8-9-19)15-11-22-12-16(15)20/h2,4-5,10,15-16,20H,3,6-9,11-12H2,1H3/t15?,16-/m1/s1. The van der Waals surface area contributed by atoms with Gasteiger partial charge in [-0.15, -0.1) is 0 Å². The number of carbonyl (C=O) groups is 1. The minimum Gasteiger partial charge on any atom is -0.389 e. The zero-order valence-electron chi connectivity index (χ0n) is 13.1. The summed E-state index contributed by atoms with van der Waals surface area (Å²) in [6.45, 7) is 6.19. The Bertz CT molecular complexity index is 534. The molecule has 2 fully saturated rings. The molecule has 2 heterocycles. The molecule has 0 spiro atoms. The average molecular weight is 304 g/mol. The van der Waals surface area contributed by atoms with Crippen LogP contribution in [0, 0.1) is 6.92 Å². The van der Waals surface area contributed by atoms with E-state index in [-0.39, 0.29) is 11.9 Å². The Kier molecular flexibility index (Phi) is 4.76. The van der Waals surface area contributed by atoms with E-state index in [1.807, 2.05) is 36.1 Å². The maximum Gasteiger partial charge on any atom is 0.253 e. The molecule has 0 saturated carbocycles. The highest BCUT2D eigenvalue weighted by molar-refractivity contribution is 5.94. The van der Waals surface area contributed by atoms with Gasteiger partial charge in [0.25, 0.3) is 5.91 Å². The first kappa shape index (κ1) is 15.5. The number of ether oxygens (including phenoxy) is 1. The van der Waals surface area contributed by atoms with E-state index in [2.05, 4.69) is 4.90 Å². The van der Waals surface area contributed by atoms with E-state index in [0.29, 0.717) is 19.8 Å². The molecule has 2 atom stereocenters. The van der Waals surface area contributed by atoms with Crippen LogP contribution < -0.4 is 0 Å². The van der Waals surface area contributed by atoms with Crippen LogP contribution in [-0.4, -0.2) is 72.4 Å². The summed E-state index contributed by atoms with van der Waals surface area (Å²) < 4.78 is 5.35. The van der Waals surface area contributed by atoms with Crippen molar-refractivity contribution in [1.29, 1.82) is 0 Å². The molecule has 0 bridgehead atoms. The smallest absolute Gasteiger partial charge is 0.253 e. The molecule has 120 valence electrons. The van der Waals surface area contributed by atoms with Crippen LogP contribution in [0.3, 0.4) is 0 Å². The van der Waals surface area contributed by atoms with Gasteiger partial charge in [-0.05, 0) is 25.5 Å². The topological polar surface area (TPSA) is 53.0 Å². The maximum absolute atomic E-state index is 12.6. The molecule has 2 aliphatic heterocycles. The Morgan fingerprint density at radius 2 is 2.09 bits per heavy atom. The normalized spacial score (nSPS) is 26.9. The quantitative estimate of drug-likeness (QED) is 0.882. The summed E-state index contributed by atoms with van der Waals surface area (Å²) in [5.41, 5.74) is 1.87. The van der Waals surface area contributed by atoms with Crippen molar-refractivity contribution >= 4 is 5.91 Å². The zero-order chi connectivity index (χ0) is 15.5. The highest BCUT2D eigenvalue weighted by Gasteiger charge is 2.33. The van der Waals surface area contributed by atoms with E-state index >= 15 is 0 Å². The monoisotopic (exact) mass is 304 g/mol. The van der Waals surface area contributed by atoms with Crippen LogP contribution in [0.5, 0.6) is 0 Å². The summed E-state index contributed by atoms with van der Waals surface area (Å²) >= 11 is 0. The third kappa shape index (κ3) is 3.32. The number of carbonyl (C=O) groups excluding carboxylic acids is 1. The van der Waals surface area contributed by atoms with E-state index in [9.17, 15) is 9.90 Å². The lowest BCUT2D eigenvalue weighted by Gasteiger charge is -2.28. The lowest BCUT2D eigenvalue weighted by molar-refractivity contribution is 0.0725. The van der Waals surface area contributed by atoms with Crippen molar-refractivity contribution in [2.24, 2.45) is 0 Å². The van der Waals surface area contributed by atoms with Gasteiger partial charge < -0.3 is 14.7 Å². The van der Waals surface area contributed by atoms with Crippen LogP contribution in [-0.2, 0) is 4.74 Å². The number of aryl methyl sites for hydroxylation is 1. The third-order valence-corrected chi connectivity index (χ3v) is 4.57. The maximum atomic E-state index is 12.6. The molecular weight excluding hydrogens is 280 g/mol. The van der Waals surface area contributed by atoms with Crippen LogP contribution in [0.25, 0.3) is 0 Å². The number of benzene rings is 1. The molecule has 2 aliphatic rings. The predicted molar refractivity (Wildman–Crippen MR) is 83.9 cm³/mol. The zero-order valence-corrected chi connectivity index (χ0v) is 13.1. The number of hydrogen-bond donors (Lipinski definition) is 1. The summed E-state index contributed by atoms with van der Waals surface area (Å²) in [5.74, 6) is 0.105. The molecule has 0 aliphatic carbocycles. The van der Waals surface area contributed by atoms with Crippen LogP contribution in [0.4, 0.5) is 0 Å². The summed E-state index contributed by atoms with van der Waals surface area (Å²) in [6.07, 6.45) is 0.528. The summed E-state index contributed by atoms with van der Waals surface area (Å²) in [4.78, 5) is 16.8. The molecule has 5 nitrogen and oxygen atoms in total. The minimum absolute atomic E-state index is 0.0778. The Balaban J connectivity index is 1.63. The van der Waals surface area contributed by atoms with Crippen molar-refractivity contribution in [2.75, 3.05) is 39.4 Å². The second kappa shape index (κ2) is 6.77. The first-order chi connectivity index (χ1) is 10.6. The molecule has 1 N–H and O–H groups in total. The Morgan fingerprint density at radius 1 is 1.23 bits per heavy atom. The minimum atomic E-state index is -0.404. The van der Waals surface area contributed by atoms with Gasteiger partial charge in [0.15, 0.2) is 0 Å². The molecule has 3 rings (SSSR count). The fourth-order valence-corrected chi connectivity index (χ4v) is 3.31. The highest BCUT2D eigenvalue weighted by Crippen LogP contribution is 2.17. The van der Waals surface area contributed by atoms with Crippen LogP contribution in [0.15, 0.2) is 24.3 Å². The van der Waals surface area contributed by atoms with E-state index in [1.54, 1.807) is 0 Å². The lowest BCUT2D eigenvalue weighted by atomic mass is 10.1. The molecule has 0 radical (unpaired) electrons. The summed E-state index contributed by atoms with van der Waals surface area (Å²) in [6, 6.07) is 7.84. The van der Waals surface area contributed by atoms with Crippen LogP contribution in [0.2, 0.25) is 0 Å². The molecule has 5 heteroatoms. The molecule has 2 saturated heterocycles. The number of aliphatic hydroxyl groups excluding tert-OH is 1. The Hall–Kier alpha value is -1.43. The van der Waals surface area contributed by atoms with Crippen molar-refractivity contribution in [3.8, 4) is 0 Å². The Labute approximate surface area is 131 Å². The van der Waals surface area contributed by atoms with Crippen LogP contribution >= 0.6 is 0 Å². The molecule has 1 aromatic carbocycles. The molecular formula is C17H24N2O3. The Morgan fingerprint density at radius 3 is 2.82 bits per heavy atom. The fourth-order valence-electron chi connectivity index (χ4n) is 3.31. The van der Waals surface area contributed by atoms with Crippen molar-refractivity contribution in [3.05, 3.63) is 35.4 Å². The number of rotatable bonds is 2. The van der Waals surface area contributed by atoms with Gasteiger partial charge in [0.2, 0.25) is 0 Å². The van der Waals surface area contributed by atoms with Crippen molar-refractivity contribution in [3.63, 3.8) is 0 Å². The number of nitrogens with zero attached hydrogens (tertiary/aromatic N) is 2. The fraction of sp³-hybridized carbons (Fsp3) is 0.588. The van der Waals surface area contributed by atoms with Gasteiger partial charge >= 0.3 is 0 Å². The van der Waals surface area contributed by atoms with Crippen molar-refractivity contribution < 1.29 is 14.6 Å².